The molecule has 1 fully saturated rings. The number of amides is 4. The van der Waals surface area contributed by atoms with Crippen molar-refractivity contribution < 1.29 is 18.8 Å². The fourth-order valence-corrected chi connectivity index (χ4v) is 1.58. The zero-order chi connectivity index (χ0) is 12.6. The third kappa shape index (κ3) is 2.01. The predicted octanol–water partition coefficient (Wildman–Crippen LogP) is 1.11. The Balaban J connectivity index is 2.38. The summed E-state index contributed by atoms with van der Waals surface area (Å²) in [6.45, 7) is 1.52. The minimum Gasteiger partial charge on any atom is -0.277 e. The van der Waals surface area contributed by atoms with Gasteiger partial charge in [0.05, 0.1) is 5.69 Å². The van der Waals surface area contributed by atoms with Gasteiger partial charge in [-0.3, -0.25) is 14.9 Å². The highest BCUT2D eigenvalue weighted by Gasteiger charge is 2.32. The van der Waals surface area contributed by atoms with Crippen LogP contribution in [0.4, 0.5) is 14.9 Å². The second-order valence-corrected chi connectivity index (χ2v) is 3.69. The van der Waals surface area contributed by atoms with E-state index in [1.165, 1.54) is 25.1 Å². The maximum absolute atomic E-state index is 13.1. The molecule has 2 rings (SSSR count). The Kier molecular flexibility index (Phi) is 2.63. The molecule has 0 saturated carbocycles. The van der Waals surface area contributed by atoms with Crippen molar-refractivity contribution in [3.8, 4) is 0 Å². The Bertz CT molecular complexity index is 507. The van der Waals surface area contributed by atoms with Crippen LogP contribution in [0, 0.1) is 12.7 Å². The number of rotatable bonds is 1. The summed E-state index contributed by atoms with van der Waals surface area (Å²) >= 11 is 0. The average Bonchev–Trinajstić information content (AvgIpc) is 2.21. The number of carbonyl (C=O) groups excluding carboxylic acids is 3. The van der Waals surface area contributed by atoms with Crippen molar-refractivity contribution in [1.29, 1.82) is 0 Å². The molecule has 88 valence electrons. The molecular weight excluding hydrogens is 227 g/mol. The lowest BCUT2D eigenvalue weighted by atomic mass is 10.1. The van der Waals surface area contributed by atoms with Crippen LogP contribution >= 0.6 is 0 Å². The molecule has 4 amide bonds. The first-order valence-electron chi connectivity index (χ1n) is 4.92. The van der Waals surface area contributed by atoms with Gasteiger partial charge in [0.15, 0.2) is 0 Å². The Morgan fingerprint density at radius 3 is 2.59 bits per heavy atom. The van der Waals surface area contributed by atoms with E-state index in [1.54, 1.807) is 0 Å². The molecule has 0 spiro atoms. The molecule has 6 heteroatoms. The van der Waals surface area contributed by atoms with Gasteiger partial charge < -0.3 is 0 Å². The second kappa shape index (κ2) is 3.97. The van der Waals surface area contributed by atoms with Crippen LogP contribution in [-0.4, -0.2) is 17.8 Å². The first-order chi connectivity index (χ1) is 7.99. The van der Waals surface area contributed by atoms with E-state index in [2.05, 4.69) is 0 Å². The Labute approximate surface area is 96.2 Å². The topological polar surface area (TPSA) is 66.5 Å². The summed E-state index contributed by atoms with van der Waals surface area (Å²) in [5, 5.41) is 2.03. The molecule has 17 heavy (non-hydrogen) atoms. The number of urea groups is 1. The number of anilines is 1. The number of imide groups is 2. The zero-order valence-corrected chi connectivity index (χ0v) is 8.99. The van der Waals surface area contributed by atoms with Gasteiger partial charge in [0.25, 0.3) is 0 Å². The highest BCUT2D eigenvalue weighted by atomic mass is 19.1. The molecule has 1 aliphatic rings. The quantitative estimate of drug-likeness (QED) is 0.742. The van der Waals surface area contributed by atoms with Crippen molar-refractivity contribution in [3.63, 3.8) is 0 Å². The van der Waals surface area contributed by atoms with Crippen molar-refractivity contribution in [3.05, 3.63) is 29.6 Å². The van der Waals surface area contributed by atoms with Gasteiger partial charge in [-0.25, -0.2) is 14.1 Å². The van der Waals surface area contributed by atoms with Crippen LogP contribution in [0.15, 0.2) is 18.2 Å². The fourth-order valence-electron chi connectivity index (χ4n) is 1.58. The summed E-state index contributed by atoms with van der Waals surface area (Å²) in [5.41, 5.74) is 0.568. The molecular formula is C11H9FN2O3. The first kappa shape index (κ1) is 11.3. The van der Waals surface area contributed by atoms with E-state index in [9.17, 15) is 18.8 Å². The Morgan fingerprint density at radius 1 is 1.29 bits per heavy atom. The molecule has 1 aromatic rings. The van der Waals surface area contributed by atoms with Crippen molar-refractivity contribution in [2.45, 2.75) is 13.3 Å². The average molecular weight is 236 g/mol. The van der Waals surface area contributed by atoms with Crippen LogP contribution in [0.3, 0.4) is 0 Å². The molecule has 0 radical (unpaired) electrons. The molecule has 5 nitrogen and oxygen atoms in total. The summed E-state index contributed by atoms with van der Waals surface area (Å²) in [5.74, 6) is -1.67. The van der Waals surface area contributed by atoms with Crippen LogP contribution in [-0.2, 0) is 9.59 Å². The van der Waals surface area contributed by atoms with Gasteiger partial charge in [-0.15, -0.1) is 0 Å². The van der Waals surface area contributed by atoms with Crippen LogP contribution in [0.5, 0.6) is 0 Å². The second-order valence-electron chi connectivity index (χ2n) is 3.69. The molecule has 0 bridgehead atoms. The van der Waals surface area contributed by atoms with E-state index < -0.39 is 23.7 Å². The van der Waals surface area contributed by atoms with E-state index in [4.69, 9.17) is 0 Å². The molecule has 0 aliphatic carbocycles. The molecule has 0 unspecified atom stereocenters. The van der Waals surface area contributed by atoms with Gasteiger partial charge in [0, 0.05) is 0 Å². The lowest BCUT2D eigenvalue weighted by Gasteiger charge is -2.24. The maximum Gasteiger partial charge on any atom is 0.335 e. The summed E-state index contributed by atoms with van der Waals surface area (Å²) < 4.78 is 13.1. The Hall–Kier alpha value is -2.24. The first-order valence-corrected chi connectivity index (χ1v) is 4.92. The molecule has 0 aromatic heterocycles. The third-order valence-corrected chi connectivity index (χ3v) is 2.41. The molecule has 0 atom stereocenters. The number of aryl methyl sites for hydroxylation is 1. The normalized spacial score (nSPS) is 16.1. The van der Waals surface area contributed by atoms with Crippen molar-refractivity contribution in [2.24, 2.45) is 0 Å². The van der Waals surface area contributed by atoms with E-state index in [1.807, 2.05) is 5.32 Å². The largest absolute Gasteiger partial charge is 0.335 e. The number of barbiturate groups is 1. The van der Waals surface area contributed by atoms with E-state index in [0.717, 1.165) is 4.90 Å². The third-order valence-electron chi connectivity index (χ3n) is 2.41. The molecule has 1 aromatic carbocycles. The van der Waals surface area contributed by atoms with Crippen LogP contribution < -0.4 is 10.2 Å². The lowest BCUT2D eigenvalue weighted by Crippen LogP contribution is -2.52. The number of nitrogens with zero attached hydrogens (tertiary/aromatic N) is 1. The molecule has 1 saturated heterocycles. The minimum atomic E-state index is -0.808. The van der Waals surface area contributed by atoms with Crippen LogP contribution in [0.2, 0.25) is 0 Å². The summed E-state index contributed by atoms with van der Waals surface area (Å²) in [6, 6.07) is 3.05. The number of carbonyl (C=O) groups is 3. The van der Waals surface area contributed by atoms with E-state index in [0.29, 0.717) is 5.56 Å². The number of benzene rings is 1. The number of nitrogens with one attached hydrogen (secondary N) is 1. The van der Waals surface area contributed by atoms with E-state index in [-0.39, 0.29) is 12.1 Å². The standard InChI is InChI=1S/C11H9FN2O3/c1-6-4-7(2-3-8(6)12)14-10(16)5-9(15)13-11(14)17/h2-4H,5H2,1H3,(H,13,15,17). The highest BCUT2D eigenvalue weighted by molar-refractivity contribution is 6.26. The monoisotopic (exact) mass is 236 g/mol. The fraction of sp³-hybridized carbons (Fsp3) is 0.182. The molecule has 1 N–H and O–H groups in total. The maximum atomic E-state index is 13.1. The van der Waals surface area contributed by atoms with Gasteiger partial charge in [-0.1, -0.05) is 0 Å². The highest BCUT2D eigenvalue weighted by Crippen LogP contribution is 2.20. The van der Waals surface area contributed by atoms with Gasteiger partial charge in [0.2, 0.25) is 11.8 Å². The number of hydrogen-bond acceptors (Lipinski definition) is 3. The SMILES string of the molecule is Cc1cc(N2C(=O)CC(=O)NC2=O)ccc1F. The zero-order valence-electron chi connectivity index (χ0n) is 8.99. The predicted molar refractivity (Wildman–Crippen MR) is 56.8 cm³/mol. The van der Waals surface area contributed by atoms with Gasteiger partial charge in [0.1, 0.15) is 12.2 Å². The summed E-state index contributed by atoms with van der Waals surface area (Å²) in [6.07, 6.45) is -0.387. The van der Waals surface area contributed by atoms with E-state index >= 15 is 0 Å². The molecule has 1 aliphatic heterocycles. The Morgan fingerprint density at radius 2 is 2.00 bits per heavy atom. The number of hydrogen-bond donors (Lipinski definition) is 1. The minimum absolute atomic E-state index is 0.249. The van der Waals surface area contributed by atoms with Gasteiger partial charge >= 0.3 is 6.03 Å². The van der Waals surface area contributed by atoms with Crippen molar-refractivity contribution in [2.75, 3.05) is 4.90 Å². The van der Waals surface area contributed by atoms with Crippen molar-refractivity contribution >= 4 is 23.5 Å². The van der Waals surface area contributed by atoms with Crippen LogP contribution in [0.25, 0.3) is 0 Å². The van der Waals surface area contributed by atoms with Crippen molar-refractivity contribution in [1.82, 2.24) is 5.32 Å². The molecule has 1 heterocycles. The van der Waals surface area contributed by atoms with Gasteiger partial charge in [-0.2, -0.15) is 0 Å². The smallest absolute Gasteiger partial charge is 0.277 e. The summed E-state index contributed by atoms with van der Waals surface area (Å²) in [4.78, 5) is 34.8. The lowest BCUT2D eigenvalue weighted by molar-refractivity contribution is -0.128. The number of halogens is 1. The van der Waals surface area contributed by atoms with Gasteiger partial charge in [-0.05, 0) is 30.7 Å². The summed E-state index contributed by atoms with van der Waals surface area (Å²) in [7, 11) is 0. The van der Waals surface area contributed by atoms with Crippen LogP contribution in [0.1, 0.15) is 12.0 Å².